The van der Waals surface area contributed by atoms with E-state index in [4.69, 9.17) is 13.6 Å². The molecule has 0 N–H and O–H groups in total. The van der Waals surface area contributed by atoms with Crippen LogP contribution < -0.4 is 0 Å². The van der Waals surface area contributed by atoms with Crippen molar-refractivity contribution in [3.8, 4) is 0 Å². The number of benzene rings is 2. The van der Waals surface area contributed by atoms with Crippen LogP contribution in [-0.4, -0.2) is 29.1 Å². The molecule has 0 bridgehead atoms. The van der Waals surface area contributed by atoms with E-state index >= 15 is 0 Å². The fraction of sp³-hybridized carbons (Fsp3) is 0.538. The van der Waals surface area contributed by atoms with Gasteiger partial charge in [0.1, 0.15) is 0 Å². The molecule has 2 unspecified atom stereocenters. The monoisotopic (exact) mass is 458 g/mol. The van der Waals surface area contributed by atoms with Gasteiger partial charge in [0.25, 0.3) is 0 Å². The van der Waals surface area contributed by atoms with Crippen LogP contribution in [0, 0.1) is 0 Å². The molecule has 2 rings (SSSR count). The molecule has 0 aliphatic heterocycles. The Morgan fingerprint density at radius 3 is 1.19 bits per heavy atom. The largest absolute Gasteiger partial charge is 0.452 e. The molecule has 0 saturated heterocycles. The zero-order valence-corrected chi connectivity index (χ0v) is 22.8. The lowest BCUT2D eigenvalue weighted by molar-refractivity contribution is 0.134. The van der Waals surface area contributed by atoms with Gasteiger partial charge in [-0.25, -0.2) is 0 Å². The highest BCUT2D eigenvalue weighted by atomic mass is 28.4. The summed E-state index contributed by atoms with van der Waals surface area (Å²) in [6, 6.07) is 20.8. The van der Waals surface area contributed by atoms with Gasteiger partial charge >= 0.3 is 0 Å². The van der Waals surface area contributed by atoms with Crippen LogP contribution in [0.5, 0.6) is 0 Å². The minimum Gasteiger partial charge on any atom is -0.452 e. The fourth-order valence-electron chi connectivity index (χ4n) is 3.17. The minimum absolute atomic E-state index is 0.0582. The van der Waals surface area contributed by atoms with Gasteiger partial charge in [0, 0.05) is 0 Å². The van der Waals surface area contributed by atoms with Crippen LogP contribution in [0.1, 0.15) is 52.7 Å². The molecule has 2 aromatic rings. The molecular weight excluding hydrogens is 416 g/mol. The Kier molecular flexibility index (Phi) is 8.88. The second kappa shape index (κ2) is 10.6. The van der Waals surface area contributed by atoms with E-state index in [2.05, 4.69) is 103 Å². The van der Waals surface area contributed by atoms with Crippen LogP contribution in [-0.2, 0) is 26.8 Å². The number of hydrogen-bond donors (Lipinski definition) is 0. The van der Waals surface area contributed by atoms with Gasteiger partial charge in [0.2, 0.25) is 16.6 Å². The van der Waals surface area contributed by atoms with Crippen molar-refractivity contribution in [3.63, 3.8) is 0 Å². The predicted molar refractivity (Wildman–Crippen MR) is 136 cm³/mol. The average Bonchev–Trinajstić information content (AvgIpc) is 2.68. The standard InChI is InChI=1S/C26H42O3Si2/c1-25(2,3)30(7,21-27-19-23-15-11-9-12-16-23)29-31(8,26(4,5)6)22-28-20-24-17-13-10-14-18-24/h9-18H,19-22H2,1-8H3. The third kappa shape index (κ3) is 7.40. The van der Waals surface area contributed by atoms with Crippen molar-refractivity contribution in [2.75, 3.05) is 12.5 Å². The maximum atomic E-state index is 7.26. The van der Waals surface area contributed by atoms with E-state index in [1.807, 2.05) is 12.1 Å². The summed E-state index contributed by atoms with van der Waals surface area (Å²) in [4.78, 5) is 0. The lowest BCUT2D eigenvalue weighted by Gasteiger charge is -2.49. The molecule has 0 aromatic heterocycles. The van der Waals surface area contributed by atoms with Crippen molar-refractivity contribution >= 4 is 16.6 Å². The van der Waals surface area contributed by atoms with Crippen LogP contribution >= 0.6 is 0 Å². The Morgan fingerprint density at radius 1 is 0.581 bits per heavy atom. The van der Waals surface area contributed by atoms with E-state index in [0.717, 1.165) is 0 Å². The summed E-state index contributed by atoms with van der Waals surface area (Å²) in [6.07, 6.45) is 1.37. The summed E-state index contributed by atoms with van der Waals surface area (Å²) in [5.41, 5.74) is 2.41. The molecule has 2 atom stereocenters. The maximum absolute atomic E-state index is 7.26. The van der Waals surface area contributed by atoms with Gasteiger partial charge in [0.05, 0.1) is 25.7 Å². The predicted octanol–water partition coefficient (Wildman–Crippen LogP) is 7.27. The van der Waals surface area contributed by atoms with Gasteiger partial charge in [-0.15, -0.1) is 0 Å². The number of rotatable bonds is 10. The highest BCUT2D eigenvalue weighted by Crippen LogP contribution is 2.45. The molecule has 0 spiro atoms. The van der Waals surface area contributed by atoms with Crippen molar-refractivity contribution in [1.82, 2.24) is 0 Å². The topological polar surface area (TPSA) is 27.7 Å². The normalized spacial score (nSPS) is 16.5. The van der Waals surface area contributed by atoms with E-state index in [1.54, 1.807) is 0 Å². The molecule has 3 nitrogen and oxygen atoms in total. The van der Waals surface area contributed by atoms with Crippen LogP contribution in [0.25, 0.3) is 0 Å². The van der Waals surface area contributed by atoms with Gasteiger partial charge in [-0.3, -0.25) is 0 Å². The van der Waals surface area contributed by atoms with E-state index < -0.39 is 16.6 Å². The Morgan fingerprint density at radius 2 is 0.903 bits per heavy atom. The van der Waals surface area contributed by atoms with E-state index in [1.165, 1.54) is 11.1 Å². The summed E-state index contributed by atoms with van der Waals surface area (Å²) >= 11 is 0. The van der Waals surface area contributed by atoms with E-state index in [-0.39, 0.29) is 10.1 Å². The summed E-state index contributed by atoms with van der Waals surface area (Å²) in [6.45, 7) is 19.7. The first kappa shape index (κ1) is 26.0. The molecule has 0 saturated carbocycles. The quantitative estimate of drug-likeness (QED) is 0.350. The first-order valence-corrected chi connectivity index (χ1v) is 16.5. The van der Waals surface area contributed by atoms with Crippen molar-refractivity contribution in [3.05, 3.63) is 71.8 Å². The molecule has 2 aromatic carbocycles. The van der Waals surface area contributed by atoms with Crippen LogP contribution in [0.15, 0.2) is 60.7 Å². The van der Waals surface area contributed by atoms with Crippen LogP contribution in [0.4, 0.5) is 0 Å². The third-order valence-corrected chi connectivity index (χ3v) is 18.1. The van der Waals surface area contributed by atoms with Gasteiger partial charge < -0.3 is 13.6 Å². The summed E-state index contributed by atoms with van der Waals surface area (Å²) < 4.78 is 19.8. The highest BCUT2D eigenvalue weighted by molar-refractivity contribution is 6.88. The average molecular weight is 459 g/mol. The molecule has 0 fully saturated rings. The molecule has 5 heteroatoms. The van der Waals surface area contributed by atoms with Gasteiger partial charge in [0.15, 0.2) is 0 Å². The van der Waals surface area contributed by atoms with Crippen LogP contribution in [0.3, 0.4) is 0 Å². The molecule has 31 heavy (non-hydrogen) atoms. The van der Waals surface area contributed by atoms with E-state index in [0.29, 0.717) is 25.7 Å². The first-order valence-electron chi connectivity index (χ1n) is 11.3. The van der Waals surface area contributed by atoms with Crippen molar-refractivity contribution < 1.29 is 13.6 Å². The van der Waals surface area contributed by atoms with Crippen molar-refractivity contribution in [2.45, 2.75) is 77.9 Å². The molecular formula is C26H42O3Si2. The molecule has 172 valence electrons. The second-order valence-electron chi connectivity index (χ2n) is 11.0. The molecule has 0 amide bonds. The van der Waals surface area contributed by atoms with Crippen molar-refractivity contribution in [2.24, 2.45) is 0 Å². The van der Waals surface area contributed by atoms with Crippen molar-refractivity contribution in [1.29, 1.82) is 0 Å². The SMILES string of the molecule is CC(C)(C)[Si](C)(COCc1ccccc1)O[Si](C)(COCc1ccccc1)C(C)(C)C. The van der Waals surface area contributed by atoms with Gasteiger partial charge in [-0.1, -0.05) is 102 Å². The zero-order valence-electron chi connectivity index (χ0n) is 20.8. The summed E-state index contributed by atoms with van der Waals surface area (Å²) in [5.74, 6) is 0. The minimum atomic E-state index is -2.22. The third-order valence-electron chi connectivity index (χ3n) is 6.60. The summed E-state index contributed by atoms with van der Waals surface area (Å²) in [7, 11) is -4.44. The highest BCUT2D eigenvalue weighted by Gasteiger charge is 2.52. The van der Waals surface area contributed by atoms with Gasteiger partial charge in [-0.2, -0.15) is 0 Å². The van der Waals surface area contributed by atoms with Crippen LogP contribution in [0.2, 0.25) is 23.2 Å². The lowest BCUT2D eigenvalue weighted by Crippen LogP contribution is -2.61. The first-order chi connectivity index (χ1) is 14.4. The molecule has 0 heterocycles. The Balaban J connectivity index is 2.12. The molecule has 0 aliphatic carbocycles. The second-order valence-corrected chi connectivity index (χ2v) is 20.3. The summed E-state index contributed by atoms with van der Waals surface area (Å²) in [5, 5.41) is 0.116. The Bertz CT molecular complexity index is 716. The molecule has 0 radical (unpaired) electrons. The Hall–Kier alpha value is -1.25. The smallest absolute Gasteiger partial charge is 0.208 e. The van der Waals surface area contributed by atoms with E-state index in [9.17, 15) is 0 Å². The molecule has 0 aliphatic rings. The lowest BCUT2D eigenvalue weighted by atomic mass is 10.2. The zero-order chi connectivity index (χ0) is 23.2. The Labute approximate surface area is 192 Å². The number of hydrogen-bond acceptors (Lipinski definition) is 3. The maximum Gasteiger partial charge on any atom is 0.208 e. The van der Waals surface area contributed by atoms with Gasteiger partial charge in [-0.05, 0) is 34.3 Å². The number of ether oxygens (including phenoxy) is 2. The fourth-order valence-corrected chi connectivity index (χ4v) is 11.9.